The van der Waals surface area contributed by atoms with Crippen molar-refractivity contribution in [3.8, 4) is 5.75 Å². The van der Waals surface area contributed by atoms with Gasteiger partial charge < -0.3 is 19.8 Å². The molecule has 0 saturated heterocycles. The van der Waals surface area contributed by atoms with Crippen LogP contribution in [0.5, 0.6) is 5.75 Å². The Morgan fingerprint density at radius 2 is 1.92 bits per heavy atom. The van der Waals surface area contributed by atoms with Gasteiger partial charge in [-0.05, 0) is 37.1 Å². The number of hydrogen-bond donors (Lipinski definition) is 2. The molecule has 25 heavy (non-hydrogen) atoms. The third kappa shape index (κ3) is 5.11. The Hall–Kier alpha value is -2.76. The predicted octanol–water partition coefficient (Wildman–Crippen LogP) is 2.75. The van der Waals surface area contributed by atoms with E-state index < -0.39 is 6.04 Å². The predicted molar refractivity (Wildman–Crippen MR) is 94.3 cm³/mol. The van der Waals surface area contributed by atoms with Crippen LogP contribution < -0.4 is 15.4 Å². The fourth-order valence-electron chi connectivity index (χ4n) is 2.39. The smallest absolute Gasteiger partial charge is 0.255 e. The van der Waals surface area contributed by atoms with Gasteiger partial charge in [-0.1, -0.05) is 26.0 Å². The monoisotopic (exact) mass is 344 g/mol. The Bertz CT molecular complexity index is 695. The number of carbonyl (C=O) groups is 2. The van der Waals surface area contributed by atoms with Gasteiger partial charge in [0.2, 0.25) is 5.91 Å². The summed E-state index contributed by atoms with van der Waals surface area (Å²) in [7, 11) is 0. The second-order valence-electron chi connectivity index (χ2n) is 5.92. The molecular formula is C19H24N2O4. The van der Waals surface area contributed by atoms with Gasteiger partial charge in [-0.25, -0.2) is 0 Å². The lowest BCUT2D eigenvalue weighted by Crippen LogP contribution is -2.49. The first kappa shape index (κ1) is 18.6. The molecule has 1 aromatic carbocycles. The molecule has 2 amide bonds. The van der Waals surface area contributed by atoms with Gasteiger partial charge in [-0.2, -0.15) is 0 Å². The van der Waals surface area contributed by atoms with Gasteiger partial charge in [0.15, 0.2) is 0 Å². The highest BCUT2D eigenvalue weighted by molar-refractivity contribution is 5.99. The van der Waals surface area contributed by atoms with Crippen LogP contribution in [0.3, 0.4) is 0 Å². The molecule has 1 heterocycles. The molecule has 0 aliphatic carbocycles. The summed E-state index contributed by atoms with van der Waals surface area (Å²) in [6, 6.07) is 9.86. The molecule has 0 bridgehead atoms. The number of ether oxygens (including phenoxy) is 1. The number of benzene rings is 1. The quantitative estimate of drug-likeness (QED) is 0.772. The van der Waals surface area contributed by atoms with Crippen molar-refractivity contribution in [3.63, 3.8) is 0 Å². The first-order valence-corrected chi connectivity index (χ1v) is 8.35. The van der Waals surface area contributed by atoms with Crippen molar-refractivity contribution in [2.75, 3.05) is 6.61 Å². The lowest BCUT2D eigenvalue weighted by Gasteiger charge is -2.22. The zero-order valence-electron chi connectivity index (χ0n) is 14.7. The standard InChI is InChI=1S/C19H24N2O4/c1-4-24-16-10-6-5-9-15(16)18(22)21-17(13(2)3)19(23)20-12-14-8-7-11-25-14/h5-11,13,17H,4,12H2,1-3H3,(H,20,23)(H,21,22)/t17-/m1/s1. The first-order chi connectivity index (χ1) is 12.0. The molecular weight excluding hydrogens is 320 g/mol. The second-order valence-corrected chi connectivity index (χ2v) is 5.92. The van der Waals surface area contributed by atoms with Crippen molar-refractivity contribution < 1.29 is 18.7 Å². The average molecular weight is 344 g/mol. The van der Waals surface area contributed by atoms with Crippen LogP contribution in [-0.4, -0.2) is 24.5 Å². The van der Waals surface area contributed by atoms with E-state index in [1.165, 1.54) is 0 Å². The summed E-state index contributed by atoms with van der Waals surface area (Å²) in [5.41, 5.74) is 0.411. The third-order valence-electron chi connectivity index (χ3n) is 3.68. The molecule has 1 atom stereocenters. The minimum absolute atomic E-state index is 0.0696. The van der Waals surface area contributed by atoms with Gasteiger partial charge in [0, 0.05) is 0 Å². The minimum Gasteiger partial charge on any atom is -0.493 e. The summed E-state index contributed by atoms with van der Waals surface area (Å²) in [6.07, 6.45) is 1.55. The first-order valence-electron chi connectivity index (χ1n) is 8.35. The van der Waals surface area contributed by atoms with Crippen molar-refractivity contribution in [1.29, 1.82) is 0 Å². The van der Waals surface area contributed by atoms with E-state index in [9.17, 15) is 9.59 Å². The molecule has 0 spiro atoms. The molecule has 2 rings (SSSR count). The lowest BCUT2D eigenvalue weighted by molar-refractivity contribution is -0.124. The Balaban J connectivity index is 2.05. The highest BCUT2D eigenvalue weighted by atomic mass is 16.5. The summed E-state index contributed by atoms with van der Waals surface area (Å²) >= 11 is 0. The van der Waals surface area contributed by atoms with Crippen molar-refractivity contribution in [3.05, 3.63) is 54.0 Å². The Morgan fingerprint density at radius 3 is 2.56 bits per heavy atom. The Kier molecular flexibility index (Phi) is 6.62. The van der Waals surface area contributed by atoms with Crippen LogP contribution >= 0.6 is 0 Å². The highest BCUT2D eigenvalue weighted by Gasteiger charge is 2.25. The van der Waals surface area contributed by atoms with E-state index in [1.807, 2.05) is 20.8 Å². The van der Waals surface area contributed by atoms with E-state index in [0.717, 1.165) is 0 Å². The van der Waals surface area contributed by atoms with Crippen molar-refractivity contribution in [2.24, 2.45) is 5.92 Å². The summed E-state index contributed by atoms with van der Waals surface area (Å²) < 4.78 is 10.7. The molecule has 134 valence electrons. The maximum absolute atomic E-state index is 12.6. The molecule has 0 radical (unpaired) electrons. The largest absolute Gasteiger partial charge is 0.493 e. The fraction of sp³-hybridized carbons (Fsp3) is 0.368. The molecule has 1 aromatic heterocycles. The van der Waals surface area contributed by atoms with E-state index >= 15 is 0 Å². The molecule has 2 N–H and O–H groups in total. The molecule has 0 unspecified atom stereocenters. The van der Waals surface area contributed by atoms with Crippen LogP contribution in [0.1, 0.15) is 36.9 Å². The lowest BCUT2D eigenvalue weighted by atomic mass is 10.0. The van der Waals surface area contributed by atoms with Gasteiger partial charge >= 0.3 is 0 Å². The van der Waals surface area contributed by atoms with Crippen molar-refractivity contribution in [1.82, 2.24) is 10.6 Å². The number of amides is 2. The third-order valence-corrected chi connectivity index (χ3v) is 3.68. The molecule has 0 saturated carbocycles. The minimum atomic E-state index is -0.655. The van der Waals surface area contributed by atoms with Crippen LogP contribution in [0.4, 0.5) is 0 Å². The van der Waals surface area contributed by atoms with E-state index in [2.05, 4.69) is 10.6 Å². The number of carbonyl (C=O) groups excluding carboxylic acids is 2. The summed E-state index contributed by atoms with van der Waals surface area (Å²) in [5, 5.41) is 5.58. The van der Waals surface area contributed by atoms with Crippen LogP contribution in [-0.2, 0) is 11.3 Å². The zero-order chi connectivity index (χ0) is 18.2. The second kappa shape index (κ2) is 8.92. The zero-order valence-corrected chi connectivity index (χ0v) is 14.7. The molecule has 0 aliphatic rings. The van der Waals surface area contributed by atoms with Crippen LogP contribution in [0.25, 0.3) is 0 Å². The van der Waals surface area contributed by atoms with E-state index in [-0.39, 0.29) is 24.3 Å². The molecule has 2 aromatic rings. The number of furan rings is 1. The van der Waals surface area contributed by atoms with Crippen molar-refractivity contribution in [2.45, 2.75) is 33.4 Å². The fourth-order valence-corrected chi connectivity index (χ4v) is 2.39. The van der Waals surface area contributed by atoms with Gasteiger partial charge in [-0.15, -0.1) is 0 Å². The van der Waals surface area contributed by atoms with Crippen LogP contribution in [0.15, 0.2) is 47.1 Å². The maximum Gasteiger partial charge on any atom is 0.255 e. The van der Waals surface area contributed by atoms with E-state index in [0.29, 0.717) is 23.7 Å². The molecule has 0 aliphatic heterocycles. The van der Waals surface area contributed by atoms with Gasteiger partial charge in [0.05, 0.1) is 25.0 Å². The van der Waals surface area contributed by atoms with Gasteiger partial charge in [0.25, 0.3) is 5.91 Å². The van der Waals surface area contributed by atoms with Gasteiger partial charge in [0.1, 0.15) is 17.6 Å². The van der Waals surface area contributed by atoms with E-state index in [4.69, 9.17) is 9.15 Å². The molecule has 0 fully saturated rings. The molecule has 6 heteroatoms. The summed E-state index contributed by atoms with van der Waals surface area (Å²) in [4.78, 5) is 25.1. The average Bonchev–Trinajstić information content (AvgIpc) is 3.11. The number of para-hydroxylation sites is 1. The summed E-state index contributed by atoms with van der Waals surface area (Å²) in [6.45, 7) is 6.35. The number of nitrogens with one attached hydrogen (secondary N) is 2. The maximum atomic E-state index is 12.6. The highest BCUT2D eigenvalue weighted by Crippen LogP contribution is 2.18. The van der Waals surface area contributed by atoms with E-state index in [1.54, 1.807) is 42.7 Å². The molecule has 6 nitrogen and oxygen atoms in total. The van der Waals surface area contributed by atoms with Crippen LogP contribution in [0.2, 0.25) is 0 Å². The normalized spacial score (nSPS) is 11.8. The van der Waals surface area contributed by atoms with Gasteiger partial charge in [-0.3, -0.25) is 9.59 Å². The van der Waals surface area contributed by atoms with Crippen LogP contribution in [0, 0.1) is 5.92 Å². The summed E-state index contributed by atoms with van der Waals surface area (Å²) in [5.74, 6) is 0.495. The Labute approximate surface area is 147 Å². The topological polar surface area (TPSA) is 80.6 Å². The number of hydrogen-bond acceptors (Lipinski definition) is 4. The SMILES string of the molecule is CCOc1ccccc1C(=O)N[C@@H](C(=O)NCc1ccco1)C(C)C. The van der Waals surface area contributed by atoms with Crippen molar-refractivity contribution >= 4 is 11.8 Å². The number of rotatable bonds is 8. The Morgan fingerprint density at radius 1 is 1.16 bits per heavy atom.